The molecule has 2 rings (SSSR count). The number of hydrogen-bond donors (Lipinski definition) is 0. The van der Waals surface area contributed by atoms with E-state index < -0.39 is 23.7 Å². The summed E-state index contributed by atoms with van der Waals surface area (Å²) in [6, 6.07) is 3.61. The van der Waals surface area contributed by atoms with Crippen molar-refractivity contribution in [3.05, 3.63) is 26.2 Å². The first-order chi connectivity index (χ1) is 13.8. The third kappa shape index (κ3) is 6.11. The summed E-state index contributed by atoms with van der Waals surface area (Å²) in [6.45, 7) is 7.98. The summed E-state index contributed by atoms with van der Waals surface area (Å²) in [4.78, 5) is 38.0. The van der Waals surface area contributed by atoms with Crippen molar-refractivity contribution in [3.63, 3.8) is 0 Å². The number of carbonyl (C=O) groups excluding carboxylic acids is 3. The highest BCUT2D eigenvalue weighted by Crippen LogP contribution is 2.37. The minimum Gasteiger partial charge on any atom is -0.490 e. The van der Waals surface area contributed by atoms with Gasteiger partial charge >= 0.3 is 5.97 Å². The summed E-state index contributed by atoms with van der Waals surface area (Å²) in [5.74, 6) is 0.108. The Morgan fingerprint density at radius 3 is 2.52 bits per heavy atom. The lowest BCUT2D eigenvalue weighted by Crippen LogP contribution is -2.35. The zero-order chi connectivity index (χ0) is 21.6. The molecule has 158 valence electrons. The molecule has 1 heterocycles. The molecule has 9 heteroatoms. The first-order valence-corrected chi connectivity index (χ1v) is 11.2. The SMILES string of the molecule is CCOc1cc(/C=C2/SC(=O)N(CC(=O)O[C@H](C)CC)C2=O)cc(I)c1OCC. The van der Waals surface area contributed by atoms with Crippen LogP contribution >= 0.6 is 34.4 Å². The average molecular weight is 533 g/mol. The smallest absolute Gasteiger partial charge is 0.326 e. The average Bonchev–Trinajstić information content (AvgIpc) is 2.92. The van der Waals surface area contributed by atoms with E-state index in [0.717, 1.165) is 20.2 Å². The van der Waals surface area contributed by atoms with Gasteiger partial charge in [-0.05, 0) is 85.3 Å². The van der Waals surface area contributed by atoms with Gasteiger partial charge in [-0.3, -0.25) is 19.3 Å². The first kappa shape index (κ1) is 23.5. The van der Waals surface area contributed by atoms with Gasteiger partial charge in [0.05, 0.1) is 27.8 Å². The predicted molar refractivity (Wildman–Crippen MR) is 120 cm³/mol. The largest absolute Gasteiger partial charge is 0.490 e. The van der Waals surface area contributed by atoms with Gasteiger partial charge < -0.3 is 14.2 Å². The predicted octanol–water partition coefficient (Wildman–Crippen LogP) is 4.47. The van der Waals surface area contributed by atoms with Crippen LogP contribution in [0.4, 0.5) is 4.79 Å². The van der Waals surface area contributed by atoms with Gasteiger partial charge in [-0.1, -0.05) is 6.92 Å². The van der Waals surface area contributed by atoms with Gasteiger partial charge in [0.1, 0.15) is 6.54 Å². The van der Waals surface area contributed by atoms with Crippen molar-refractivity contribution in [2.45, 2.75) is 40.2 Å². The van der Waals surface area contributed by atoms with Crippen LogP contribution < -0.4 is 9.47 Å². The highest BCUT2D eigenvalue weighted by atomic mass is 127. The Bertz CT molecular complexity index is 825. The van der Waals surface area contributed by atoms with E-state index in [0.29, 0.717) is 36.7 Å². The third-order valence-electron chi connectivity index (χ3n) is 3.99. The second-order valence-corrected chi connectivity index (χ2v) is 8.33. The van der Waals surface area contributed by atoms with Crippen LogP contribution in [0.15, 0.2) is 17.0 Å². The number of thioether (sulfide) groups is 1. The summed E-state index contributed by atoms with van der Waals surface area (Å²) in [6.07, 6.45) is 2.01. The Hall–Kier alpha value is -1.75. The Morgan fingerprint density at radius 2 is 1.90 bits per heavy atom. The number of nitrogens with zero attached hydrogens (tertiary/aromatic N) is 1. The van der Waals surface area contributed by atoms with E-state index >= 15 is 0 Å². The van der Waals surface area contributed by atoms with Crippen molar-refractivity contribution in [2.75, 3.05) is 19.8 Å². The maximum absolute atomic E-state index is 12.6. The van der Waals surface area contributed by atoms with Gasteiger partial charge in [-0.2, -0.15) is 0 Å². The van der Waals surface area contributed by atoms with E-state index in [2.05, 4.69) is 22.6 Å². The Labute approximate surface area is 188 Å². The molecule has 0 N–H and O–H groups in total. The molecule has 0 spiro atoms. The standard InChI is InChI=1S/C20H24INO6S/c1-5-12(4)28-17(23)11-22-19(24)16(29-20(22)25)10-13-8-14(21)18(27-7-3)15(9-13)26-6-2/h8-10,12H,5-7,11H2,1-4H3/b16-10+/t12-/m1/s1. The number of carbonyl (C=O) groups is 3. The zero-order valence-electron chi connectivity index (χ0n) is 16.8. The first-order valence-electron chi connectivity index (χ1n) is 9.34. The molecule has 7 nitrogen and oxygen atoms in total. The molecular formula is C20H24INO6S. The molecule has 0 unspecified atom stereocenters. The quantitative estimate of drug-likeness (QED) is 0.263. The minimum absolute atomic E-state index is 0.244. The van der Waals surface area contributed by atoms with Crippen LogP contribution in [0.1, 0.15) is 39.7 Å². The van der Waals surface area contributed by atoms with Crippen molar-refractivity contribution in [2.24, 2.45) is 0 Å². The number of rotatable bonds is 9. The topological polar surface area (TPSA) is 82.1 Å². The monoisotopic (exact) mass is 533 g/mol. The van der Waals surface area contributed by atoms with Gasteiger partial charge in [0.15, 0.2) is 11.5 Å². The van der Waals surface area contributed by atoms with Gasteiger partial charge in [-0.25, -0.2) is 0 Å². The van der Waals surface area contributed by atoms with Crippen molar-refractivity contribution in [1.82, 2.24) is 4.90 Å². The number of hydrogen-bond acceptors (Lipinski definition) is 7. The van der Waals surface area contributed by atoms with E-state index in [9.17, 15) is 14.4 Å². The van der Waals surface area contributed by atoms with Crippen molar-refractivity contribution < 1.29 is 28.6 Å². The minimum atomic E-state index is -0.600. The highest BCUT2D eigenvalue weighted by molar-refractivity contribution is 14.1. The molecule has 0 aliphatic carbocycles. The summed E-state index contributed by atoms with van der Waals surface area (Å²) in [5, 5.41) is -0.493. The van der Waals surface area contributed by atoms with Gasteiger partial charge in [-0.15, -0.1) is 0 Å². The van der Waals surface area contributed by atoms with Crippen molar-refractivity contribution in [1.29, 1.82) is 0 Å². The fourth-order valence-corrected chi connectivity index (χ4v) is 4.10. The van der Waals surface area contributed by atoms with E-state index in [1.54, 1.807) is 19.1 Å². The molecule has 0 aromatic heterocycles. The van der Waals surface area contributed by atoms with Crippen LogP contribution in [-0.4, -0.2) is 47.9 Å². The molecule has 0 bridgehead atoms. The number of benzene rings is 1. The van der Waals surface area contributed by atoms with Crippen LogP contribution in [-0.2, 0) is 14.3 Å². The van der Waals surface area contributed by atoms with Crippen LogP contribution in [0.5, 0.6) is 11.5 Å². The number of ether oxygens (including phenoxy) is 3. The maximum atomic E-state index is 12.6. The Kier molecular flexibility index (Phi) is 8.81. The van der Waals surface area contributed by atoms with Crippen LogP contribution in [0.2, 0.25) is 0 Å². The third-order valence-corrected chi connectivity index (χ3v) is 5.70. The Balaban J connectivity index is 2.23. The second kappa shape index (κ2) is 10.9. The number of imide groups is 1. The van der Waals surface area contributed by atoms with E-state index in [1.165, 1.54) is 0 Å². The fraction of sp³-hybridized carbons (Fsp3) is 0.450. The molecule has 0 saturated carbocycles. The van der Waals surface area contributed by atoms with Gasteiger partial charge in [0.25, 0.3) is 11.1 Å². The number of amides is 2. The Morgan fingerprint density at radius 1 is 1.21 bits per heavy atom. The molecule has 1 aromatic rings. The van der Waals surface area contributed by atoms with Gasteiger partial charge in [0, 0.05) is 0 Å². The van der Waals surface area contributed by atoms with Crippen molar-refractivity contribution >= 4 is 57.5 Å². The molecule has 2 amide bonds. The fourth-order valence-electron chi connectivity index (χ4n) is 2.48. The molecule has 29 heavy (non-hydrogen) atoms. The summed E-state index contributed by atoms with van der Waals surface area (Å²) in [7, 11) is 0. The van der Waals surface area contributed by atoms with Crippen LogP contribution in [0, 0.1) is 3.57 Å². The van der Waals surface area contributed by atoms with Crippen LogP contribution in [0.25, 0.3) is 6.08 Å². The normalized spacial score (nSPS) is 16.3. The molecule has 1 fully saturated rings. The molecule has 1 atom stereocenters. The van der Waals surface area contributed by atoms with E-state index in [1.807, 2.05) is 26.8 Å². The molecule has 1 saturated heterocycles. The van der Waals surface area contributed by atoms with Crippen LogP contribution in [0.3, 0.4) is 0 Å². The van der Waals surface area contributed by atoms with E-state index in [-0.39, 0.29) is 11.0 Å². The molecule has 0 radical (unpaired) electrons. The van der Waals surface area contributed by atoms with Gasteiger partial charge in [0.2, 0.25) is 0 Å². The lowest BCUT2D eigenvalue weighted by molar-refractivity contribution is -0.150. The highest BCUT2D eigenvalue weighted by Gasteiger charge is 2.37. The van der Waals surface area contributed by atoms with E-state index in [4.69, 9.17) is 14.2 Å². The number of esters is 1. The summed E-state index contributed by atoms with van der Waals surface area (Å²) < 4.78 is 17.3. The molecule has 1 aliphatic heterocycles. The lowest BCUT2D eigenvalue weighted by Gasteiger charge is -2.15. The molecule has 1 aromatic carbocycles. The lowest BCUT2D eigenvalue weighted by atomic mass is 10.2. The maximum Gasteiger partial charge on any atom is 0.326 e. The number of halogens is 1. The summed E-state index contributed by atoms with van der Waals surface area (Å²) in [5.41, 5.74) is 0.703. The second-order valence-electron chi connectivity index (χ2n) is 6.17. The van der Waals surface area contributed by atoms with Crippen molar-refractivity contribution in [3.8, 4) is 11.5 Å². The molecular weight excluding hydrogens is 509 g/mol. The molecule has 1 aliphatic rings. The zero-order valence-corrected chi connectivity index (χ0v) is 19.8. The summed E-state index contributed by atoms with van der Waals surface area (Å²) >= 11 is 2.94.